The summed E-state index contributed by atoms with van der Waals surface area (Å²) in [7, 11) is 0. The second-order valence-corrected chi connectivity index (χ2v) is 7.19. The fraction of sp³-hybridized carbons (Fsp3) is 0.286. The predicted molar refractivity (Wildman–Crippen MR) is 81.7 cm³/mol. The molecule has 1 aliphatic heterocycles. The second kappa shape index (κ2) is 4.49. The summed E-state index contributed by atoms with van der Waals surface area (Å²) in [5.41, 5.74) is 1.12. The van der Waals surface area contributed by atoms with Crippen molar-refractivity contribution in [1.29, 1.82) is 0 Å². The van der Waals surface area contributed by atoms with E-state index in [1.54, 1.807) is 11.3 Å². The zero-order valence-corrected chi connectivity index (χ0v) is 12.5. The van der Waals surface area contributed by atoms with E-state index in [0.717, 1.165) is 34.6 Å². The molecule has 0 aliphatic carbocycles. The molecule has 0 saturated heterocycles. The molecule has 102 valence electrons. The van der Waals surface area contributed by atoms with Crippen molar-refractivity contribution >= 4 is 33.3 Å². The lowest BCUT2D eigenvalue weighted by atomic mass is 10.1. The summed E-state index contributed by atoms with van der Waals surface area (Å²) in [6.45, 7) is 1.88. The summed E-state index contributed by atoms with van der Waals surface area (Å²) >= 11 is 3.45. The minimum absolute atomic E-state index is 0.0564. The maximum absolute atomic E-state index is 12.4. The maximum Gasteiger partial charge on any atom is 0.260 e. The number of furan rings is 1. The van der Waals surface area contributed by atoms with Crippen molar-refractivity contribution < 1.29 is 4.42 Å². The van der Waals surface area contributed by atoms with Gasteiger partial charge in [-0.05, 0) is 43.2 Å². The van der Waals surface area contributed by atoms with E-state index in [1.165, 1.54) is 9.77 Å². The zero-order valence-electron chi connectivity index (χ0n) is 10.9. The number of aryl methyl sites for hydroxylation is 2. The molecular weight excluding hydrogens is 292 g/mol. The van der Waals surface area contributed by atoms with Gasteiger partial charge in [-0.3, -0.25) is 4.79 Å². The third-order valence-corrected chi connectivity index (χ3v) is 5.93. The first-order chi connectivity index (χ1) is 9.72. The summed E-state index contributed by atoms with van der Waals surface area (Å²) in [5.74, 6) is 3.06. The Hall–Kier alpha value is -1.53. The average Bonchev–Trinajstić information content (AvgIpc) is 3.01. The van der Waals surface area contributed by atoms with Gasteiger partial charge < -0.3 is 9.40 Å². The number of nitrogens with one attached hydrogen (secondary N) is 1. The van der Waals surface area contributed by atoms with Crippen LogP contribution in [0.25, 0.3) is 21.8 Å². The molecule has 4 heterocycles. The van der Waals surface area contributed by atoms with Crippen molar-refractivity contribution in [3.8, 4) is 11.6 Å². The van der Waals surface area contributed by atoms with E-state index in [0.29, 0.717) is 11.6 Å². The maximum atomic E-state index is 12.4. The molecule has 0 atom stereocenters. The van der Waals surface area contributed by atoms with Crippen LogP contribution in [0.15, 0.2) is 25.6 Å². The number of H-pyrrole nitrogens is 1. The number of nitrogens with zero attached hydrogens (tertiary/aromatic N) is 1. The minimum atomic E-state index is -0.0564. The van der Waals surface area contributed by atoms with Crippen LogP contribution < -0.4 is 5.56 Å². The number of hydrogen-bond donors (Lipinski definition) is 1. The molecule has 3 aromatic heterocycles. The molecule has 0 aromatic carbocycles. The number of aromatic amines is 1. The van der Waals surface area contributed by atoms with Crippen LogP contribution >= 0.6 is 23.1 Å². The first-order valence-electron chi connectivity index (χ1n) is 6.47. The molecular formula is C14H12N2O2S2. The number of hydrogen-bond acceptors (Lipinski definition) is 5. The van der Waals surface area contributed by atoms with Crippen molar-refractivity contribution in [1.82, 2.24) is 9.97 Å². The molecule has 4 nitrogen and oxygen atoms in total. The van der Waals surface area contributed by atoms with E-state index in [-0.39, 0.29) is 5.56 Å². The molecule has 0 radical (unpaired) electrons. The number of aromatic nitrogens is 2. The third kappa shape index (κ3) is 1.83. The highest BCUT2D eigenvalue weighted by atomic mass is 32.2. The number of thiophene rings is 1. The summed E-state index contributed by atoms with van der Waals surface area (Å²) < 4.78 is 6.79. The molecule has 6 heteroatoms. The van der Waals surface area contributed by atoms with Crippen molar-refractivity contribution in [2.24, 2.45) is 0 Å². The summed E-state index contributed by atoms with van der Waals surface area (Å²) in [4.78, 5) is 20.6. The predicted octanol–water partition coefficient (Wildman–Crippen LogP) is 3.59. The standard InChI is InChI=1S/C14H12N2O2S2/c1-7-4-5-9(18-7)11-15-12(17)10-8-3-2-6-19-14(8)20-13(10)16-11/h4-5H,2-3,6H2,1H3,(H,15,16,17). The van der Waals surface area contributed by atoms with Crippen LogP contribution in [0.1, 0.15) is 17.7 Å². The van der Waals surface area contributed by atoms with Crippen LogP contribution in [0.3, 0.4) is 0 Å². The summed E-state index contributed by atoms with van der Waals surface area (Å²) in [6, 6.07) is 3.70. The van der Waals surface area contributed by atoms with Crippen LogP contribution in [0, 0.1) is 6.92 Å². The monoisotopic (exact) mass is 304 g/mol. The average molecular weight is 304 g/mol. The minimum Gasteiger partial charge on any atom is -0.458 e. The molecule has 4 rings (SSSR count). The Balaban J connectivity index is 1.97. The Morgan fingerprint density at radius 2 is 2.30 bits per heavy atom. The Kier molecular flexibility index (Phi) is 2.75. The molecule has 0 spiro atoms. The van der Waals surface area contributed by atoms with Gasteiger partial charge in [-0.1, -0.05) is 0 Å². The van der Waals surface area contributed by atoms with Gasteiger partial charge >= 0.3 is 0 Å². The molecule has 1 aliphatic rings. The van der Waals surface area contributed by atoms with Gasteiger partial charge in [-0.25, -0.2) is 4.98 Å². The van der Waals surface area contributed by atoms with Gasteiger partial charge in [0.1, 0.15) is 10.6 Å². The van der Waals surface area contributed by atoms with E-state index in [2.05, 4.69) is 9.97 Å². The fourth-order valence-electron chi connectivity index (χ4n) is 2.48. The van der Waals surface area contributed by atoms with Crippen molar-refractivity contribution in [2.75, 3.05) is 5.75 Å². The molecule has 3 aromatic rings. The van der Waals surface area contributed by atoms with Gasteiger partial charge in [0.15, 0.2) is 11.6 Å². The normalized spacial score (nSPS) is 14.7. The molecule has 1 N–H and O–H groups in total. The zero-order chi connectivity index (χ0) is 13.7. The van der Waals surface area contributed by atoms with Gasteiger partial charge in [-0.15, -0.1) is 23.1 Å². The van der Waals surface area contributed by atoms with E-state index in [4.69, 9.17) is 4.42 Å². The van der Waals surface area contributed by atoms with E-state index in [9.17, 15) is 4.79 Å². The molecule has 0 saturated carbocycles. The van der Waals surface area contributed by atoms with Gasteiger partial charge in [0, 0.05) is 0 Å². The highest BCUT2D eigenvalue weighted by molar-refractivity contribution is 8.01. The van der Waals surface area contributed by atoms with Crippen LogP contribution in [-0.2, 0) is 6.42 Å². The Bertz CT molecular complexity index is 860. The number of rotatable bonds is 1. The Morgan fingerprint density at radius 1 is 1.40 bits per heavy atom. The van der Waals surface area contributed by atoms with Crippen molar-refractivity contribution in [3.05, 3.63) is 33.8 Å². The smallest absolute Gasteiger partial charge is 0.260 e. The lowest BCUT2D eigenvalue weighted by Crippen LogP contribution is -2.10. The quantitative estimate of drug-likeness (QED) is 0.746. The molecule has 0 amide bonds. The SMILES string of the molecule is Cc1ccc(-c2nc3sc4c(c3c(=O)[nH]2)CCCS4)o1. The number of thioether (sulfide) groups is 1. The second-order valence-electron chi connectivity index (χ2n) is 4.83. The van der Waals surface area contributed by atoms with Gasteiger partial charge in [-0.2, -0.15) is 0 Å². The highest BCUT2D eigenvalue weighted by Crippen LogP contribution is 2.40. The topological polar surface area (TPSA) is 58.9 Å². The summed E-state index contributed by atoms with van der Waals surface area (Å²) in [6.07, 6.45) is 2.11. The Morgan fingerprint density at radius 3 is 3.10 bits per heavy atom. The molecule has 0 unspecified atom stereocenters. The van der Waals surface area contributed by atoms with Gasteiger partial charge in [0.25, 0.3) is 5.56 Å². The van der Waals surface area contributed by atoms with Crippen molar-refractivity contribution in [2.45, 2.75) is 24.0 Å². The molecule has 0 fully saturated rings. The van der Waals surface area contributed by atoms with Crippen molar-refractivity contribution in [3.63, 3.8) is 0 Å². The van der Waals surface area contributed by atoms with E-state index < -0.39 is 0 Å². The first kappa shape index (κ1) is 12.2. The van der Waals surface area contributed by atoms with Crippen LogP contribution in [0.2, 0.25) is 0 Å². The third-order valence-electron chi connectivity index (χ3n) is 3.40. The van der Waals surface area contributed by atoms with Gasteiger partial charge in [0.05, 0.1) is 9.60 Å². The van der Waals surface area contributed by atoms with Gasteiger partial charge in [0.2, 0.25) is 0 Å². The van der Waals surface area contributed by atoms with Crippen LogP contribution in [-0.4, -0.2) is 15.7 Å². The van der Waals surface area contributed by atoms with E-state index in [1.807, 2.05) is 30.8 Å². The fourth-order valence-corrected chi connectivity index (χ4v) is 5.01. The highest BCUT2D eigenvalue weighted by Gasteiger charge is 2.21. The summed E-state index contributed by atoms with van der Waals surface area (Å²) in [5, 5.41) is 0.768. The number of fused-ring (bicyclic) bond motifs is 3. The van der Waals surface area contributed by atoms with Crippen LogP contribution in [0.5, 0.6) is 0 Å². The first-order valence-corrected chi connectivity index (χ1v) is 8.28. The molecule has 0 bridgehead atoms. The lowest BCUT2D eigenvalue weighted by molar-refractivity contribution is 0.544. The Labute approximate surface area is 123 Å². The van der Waals surface area contributed by atoms with Crippen LogP contribution in [0.4, 0.5) is 0 Å². The largest absolute Gasteiger partial charge is 0.458 e. The van der Waals surface area contributed by atoms with E-state index >= 15 is 0 Å². The molecule has 20 heavy (non-hydrogen) atoms. The lowest BCUT2D eigenvalue weighted by Gasteiger charge is -2.08.